The fourth-order valence-electron chi connectivity index (χ4n) is 7.29. The Bertz CT molecular complexity index is 1220. The molecule has 1 aliphatic heterocycles. The second-order valence-corrected chi connectivity index (χ2v) is 10.6. The normalized spacial score (nSPS) is 37.0. The minimum absolute atomic E-state index is 0.258. The summed E-state index contributed by atoms with van der Waals surface area (Å²) in [6.45, 7) is 7.87. The van der Waals surface area contributed by atoms with Crippen LogP contribution in [0.5, 0.6) is 11.5 Å². The second kappa shape index (κ2) is 4.48. The summed E-state index contributed by atoms with van der Waals surface area (Å²) in [5.74, 6) is 2.34. The average Bonchev–Trinajstić information content (AvgIpc) is 2.97. The fourth-order valence-corrected chi connectivity index (χ4v) is 7.29. The van der Waals surface area contributed by atoms with Crippen LogP contribution in [0.4, 0.5) is 0 Å². The van der Waals surface area contributed by atoms with Crippen molar-refractivity contribution in [2.24, 2.45) is 10.8 Å². The van der Waals surface area contributed by atoms with E-state index in [1.165, 1.54) is 47.4 Å². The molecule has 0 saturated heterocycles. The summed E-state index contributed by atoms with van der Waals surface area (Å²) in [5.41, 5.74) is 5.51. The first-order valence-corrected chi connectivity index (χ1v) is 10.5. The zero-order valence-corrected chi connectivity index (χ0v) is 16.8. The molecule has 28 heavy (non-hydrogen) atoms. The number of benzene rings is 2. The zero-order valence-electron chi connectivity index (χ0n) is 16.8. The van der Waals surface area contributed by atoms with Crippen LogP contribution in [0, 0.1) is 10.8 Å². The summed E-state index contributed by atoms with van der Waals surface area (Å²) in [5, 5.41) is 3.70. The minimum Gasteiger partial charge on any atom is -0.454 e. The van der Waals surface area contributed by atoms with E-state index in [2.05, 4.69) is 51.2 Å². The lowest BCUT2D eigenvalue weighted by molar-refractivity contribution is 0.174. The van der Waals surface area contributed by atoms with Gasteiger partial charge in [-0.3, -0.25) is 4.98 Å². The van der Waals surface area contributed by atoms with E-state index in [1.807, 2.05) is 0 Å². The highest BCUT2D eigenvalue weighted by Gasteiger charge is 2.66. The highest BCUT2D eigenvalue weighted by molar-refractivity contribution is 6.08. The van der Waals surface area contributed by atoms with Gasteiger partial charge in [-0.2, -0.15) is 0 Å². The Kier molecular flexibility index (Phi) is 2.50. The van der Waals surface area contributed by atoms with Gasteiger partial charge in [0.05, 0.1) is 5.52 Å². The Morgan fingerprint density at radius 3 is 2.61 bits per heavy atom. The molecule has 4 aliphatic rings. The van der Waals surface area contributed by atoms with Crippen LogP contribution in [0.25, 0.3) is 21.7 Å². The van der Waals surface area contributed by atoms with Crippen LogP contribution < -0.4 is 9.47 Å². The molecule has 2 bridgehead atoms. The number of fused-ring (bicyclic) bond motifs is 11. The predicted octanol–water partition coefficient (Wildman–Crippen LogP) is 6.07. The molecule has 3 aromatic rings. The molecule has 2 heterocycles. The average molecular weight is 371 g/mol. The molecule has 4 atom stereocenters. The number of hydrogen-bond donors (Lipinski definition) is 0. The van der Waals surface area contributed by atoms with Gasteiger partial charge in [0.1, 0.15) is 0 Å². The van der Waals surface area contributed by atoms with Gasteiger partial charge in [-0.1, -0.05) is 32.9 Å². The topological polar surface area (TPSA) is 31.4 Å². The number of nitrogens with zero attached hydrogens (tertiary/aromatic N) is 1. The van der Waals surface area contributed by atoms with Crippen LogP contribution in [0.2, 0.25) is 0 Å². The lowest BCUT2D eigenvalue weighted by Crippen LogP contribution is -2.24. The number of aromatic nitrogens is 1. The third kappa shape index (κ3) is 1.70. The lowest BCUT2D eigenvalue weighted by Gasteiger charge is -2.31. The third-order valence-electron chi connectivity index (χ3n) is 8.71. The predicted molar refractivity (Wildman–Crippen MR) is 110 cm³/mol. The molecule has 142 valence electrons. The van der Waals surface area contributed by atoms with Gasteiger partial charge in [-0.25, -0.2) is 0 Å². The molecule has 2 aromatic carbocycles. The van der Waals surface area contributed by atoms with E-state index in [0.717, 1.165) is 17.0 Å². The highest BCUT2D eigenvalue weighted by atomic mass is 16.7. The molecule has 2 saturated carbocycles. The number of pyridine rings is 1. The van der Waals surface area contributed by atoms with Crippen LogP contribution in [0.3, 0.4) is 0 Å². The molecule has 7 rings (SSSR count). The molecule has 0 N–H and O–H groups in total. The van der Waals surface area contributed by atoms with Crippen molar-refractivity contribution in [3.8, 4) is 11.5 Å². The van der Waals surface area contributed by atoms with Crippen LogP contribution in [0.1, 0.15) is 63.5 Å². The summed E-state index contributed by atoms with van der Waals surface area (Å²) in [4.78, 5) is 5.01. The SMILES string of the molecule is CC12CC(CC3(C)CC3(C)C1)c1cnc3c(ccc4cc5c(cc43)OCO5)c12. The molecule has 3 heteroatoms. The molecule has 2 fully saturated rings. The van der Waals surface area contributed by atoms with E-state index in [0.29, 0.717) is 23.5 Å². The Morgan fingerprint density at radius 2 is 1.75 bits per heavy atom. The van der Waals surface area contributed by atoms with Gasteiger partial charge >= 0.3 is 0 Å². The van der Waals surface area contributed by atoms with Crippen molar-refractivity contribution in [1.82, 2.24) is 4.98 Å². The highest BCUT2D eigenvalue weighted by Crippen LogP contribution is 2.76. The third-order valence-corrected chi connectivity index (χ3v) is 8.71. The van der Waals surface area contributed by atoms with Crippen LogP contribution in [0.15, 0.2) is 30.5 Å². The van der Waals surface area contributed by atoms with Crippen molar-refractivity contribution in [2.45, 2.75) is 57.8 Å². The summed E-state index contributed by atoms with van der Waals surface area (Å²) in [6.07, 6.45) is 7.50. The number of ether oxygens (including phenoxy) is 2. The summed E-state index contributed by atoms with van der Waals surface area (Å²) in [6, 6.07) is 8.76. The van der Waals surface area contributed by atoms with E-state index < -0.39 is 0 Å². The first kappa shape index (κ1) is 15.6. The van der Waals surface area contributed by atoms with Gasteiger partial charge < -0.3 is 9.47 Å². The second-order valence-electron chi connectivity index (χ2n) is 10.6. The standard InChI is InChI=1S/C25H25NO2/c1-23-8-15(9-24(2)12-25(24,3)11-23)18-10-26-22-16(21(18)23)5-4-14-6-19-20(7-17(14)22)28-13-27-19/h4-7,10,15H,8-9,11-13H2,1-3H3. The van der Waals surface area contributed by atoms with Crippen LogP contribution >= 0.6 is 0 Å². The molecule has 0 radical (unpaired) electrons. The minimum atomic E-state index is 0.258. The van der Waals surface area contributed by atoms with Gasteiger partial charge in [0.25, 0.3) is 0 Å². The molecular formula is C25H25NO2. The van der Waals surface area contributed by atoms with E-state index in [-0.39, 0.29) is 5.41 Å². The molecule has 0 amide bonds. The van der Waals surface area contributed by atoms with Crippen LogP contribution in [-0.2, 0) is 5.41 Å². The first-order valence-electron chi connectivity index (χ1n) is 10.5. The monoisotopic (exact) mass is 371 g/mol. The largest absolute Gasteiger partial charge is 0.454 e. The van der Waals surface area contributed by atoms with Crippen molar-refractivity contribution in [1.29, 1.82) is 0 Å². The van der Waals surface area contributed by atoms with Crippen LogP contribution in [-0.4, -0.2) is 11.8 Å². The Balaban J connectivity index is 1.52. The van der Waals surface area contributed by atoms with E-state index in [9.17, 15) is 0 Å². The Morgan fingerprint density at radius 1 is 0.929 bits per heavy atom. The molecule has 1 aromatic heterocycles. The van der Waals surface area contributed by atoms with Gasteiger partial charge in [0.15, 0.2) is 11.5 Å². The summed E-state index contributed by atoms with van der Waals surface area (Å²) in [7, 11) is 0. The Labute approximate surface area is 165 Å². The van der Waals surface area contributed by atoms with Gasteiger partial charge in [-0.05, 0) is 76.5 Å². The van der Waals surface area contributed by atoms with Crippen molar-refractivity contribution >= 4 is 21.7 Å². The molecule has 3 nitrogen and oxygen atoms in total. The quantitative estimate of drug-likeness (QED) is 0.449. The van der Waals surface area contributed by atoms with E-state index in [1.54, 1.807) is 5.56 Å². The molecule has 0 spiro atoms. The van der Waals surface area contributed by atoms with Gasteiger partial charge in [-0.15, -0.1) is 0 Å². The van der Waals surface area contributed by atoms with Crippen molar-refractivity contribution in [2.75, 3.05) is 6.79 Å². The summed E-state index contributed by atoms with van der Waals surface area (Å²) < 4.78 is 11.2. The lowest BCUT2D eigenvalue weighted by atomic mass is 9.73. The summed E-state index contributed by atoms with van der Waals surface area (Å²) >= 11 is 0. The first-order chi connectivity index (χ1) is 13.4. The van der Waals surface area contributed by atoms with Gasteiger partial charge in [0.2, 0.25) is 6.79 Å². The van der Waals surface area contributed by atoms with Gasteiger partial charge in [0, 0.05) is 17.0 Å². The molecule has 4 unspecified atom stereocenters. The maximum absolute atomic E-state index is 5.65. The van der Waals surface area contributed by atoms with Crippen molar-refractivity contribution in [3.63, 3.8) is 0 Å². The molecular weight excluding hydrogens is 346 g/mol. The maximum atomic E-state index is 5.65. The Hall–Kier alpha value is -2.29. The number of rotatable bonds is 0. The van der Waals surface area contributed by atoms with Crippen molar-refractivity contribution < 1.29 is 9.47 Å². The zero-order chi connectivity index (χ0) is 18.9. The van der Waals surface area contributed by atoms with E-state index in [4.69, 9.17) is 14.5 Å². The number of hydrogen-bond acceptors (Lipinski definition) is 3. The van der Waals surface area contributed by atoms with Crippen molar-refractivity contribution in [3.05, 3.63) is 41.6 Å². The maximum Gasteiger partial charge on any atom is 0.231 e. The molecule has 3 aliphatic carbocycles. The van der Waals surface area contributed by atoms with E-state index >= 15 is 0 Å². The fraction of sp³-hybridized carbons (Fsp3) is 0.480. The smallest absolute Gasteiger partial charge is 0.231 e.